The second kappa shape index (κ2) is 13.4. The number of carbonyl (C=O) groups excluding carboxylic acids is 5. The van der Waals surface area contributed by atoms with Crippen molar-refractivity contribution in [2.24, 2.45) is 5.41 Å². The zero-order chi connectivity index (χ0) is 33.7. The van der Waals surface area contributed by atoms with Crippen LogP contribution in [0.5, 0.6) is 0 Å². The smallest absolute Gasteiger partial charge is 0.343 e. The highest BCUT2D eigenvalue weighted by Crippen LogP contribution is 2.43. The Bertz CT molecular complexity index is 1880. The first kappa shape index (κ1) is 32.2. The van der Waals surface area contributed by atoms with E-state index in [9.17, 15) is 24.0 Å². The molecule has 238 valence electrons. The van der Waals surface area contributed by atoms with Gasteiger partial charge in [0.05, 0.1) is 34.9 Å². The van der Waals surface area contributed by atoms with Crippen molar-refractivity contribution >= 4 is 58.2 Å². The van der Waals surface area contributed by atoms with Crippen molar-refractivity contribution < 1.29 is 38.3 Å². The molecule has 0 saturated carbocycles. The van der Waals surface area contributed by atoms with Crippen LogP contribution in [0.4, 0.5) is 21.9 Å². The Hall–Kier alpha value is -6.23. The van der Waals surface area contributed by atoms with Crippen molar-refractivity contribution in [3.8, 4) is 0 Å². The van der Waals surface area contributed by atoms with Crippen LogP contribution in [-0.4, -0.2) is 37.0 Å². The summed E-state index contributed by atoms with van der Waals surface area (Å²) in [5.41, 5.74) is 1.18. The summed E-state index contributed by atoms with van der Waals surface area (Å²) in [7, 11) is 1.27. The van der Waals surface area contributed by atoms with E-state index < -0.39 is 35.3 Å². The van der Waals surface area contributed by atoms with Crippen LogP contribution in [-0.2, 0) is 23.9 Å². The van der Waals surface area contributed by atoms with Crippen molar-refractivity contribution in [2.45, 2.75) is 20.8 Å². The summed E-state index contributed by atoms with van der Waals surface area (Å²) < 4.78 is 10.6. The van der Waals surface area contributed by atoms with Gasteiger partial charge in [-0.25, -0.2) is 19.2 Å². The summed E-state index contributed by atoms with van der Waals surface area (Å²) in [5.74, 6) is -2.67. The third-order valence-corrected chi connectivity index (χ3v) is 6.96. The first-order chi connectivity index (χ1) is 22.5. The molecule has 1 aliphatic heterocycles. The zero-order valence-corrected chi connectivity index (χ0v) is 26.0. The summed E-state index contributed by atoms with van der Waals surface area (Å²) in [6, 6.07) is 27.0. The highest BCUT2D eigenvalue weighted by atomic mass is 16.7. The SMILES string of the molecule is COC(=O)c1ccc(NC(=O)Nc2ccc3c(c2)N(OC(=O)C(C)(C)C)C(=O)/C3=C(\OC(=O)c2ccccc2)c2ccccc2)cc1. The molecule has 0 aromatic heterocycles. The van der Waals surface area contributed by atoms with Crippen molar-refractivity contribution in [1.29, 1.82) is 0 Å². The number of hydrogen-bond acceptors (Lipinski definition) is 8. The summed E-state index contributed by atoms with van der Waals surface area (Å²) in [6.45, 7) is 4.93. The van der Waals surface area contributed by atoms with Gasteiger partial charge in [-0.05, 0) is 75.4 Å². The number of nitrogens with zero attached hydrogens (tertiary/aromatic N) is 1. The van der Waals surface area contributed by atoms with Crippen LogP contribution >= 0.6 is 0 Å². The minimum Gasteiger partial charge on any atom is -0.465 e. The number of rotatable bonds is 7. The van der Waals surface area contributed by atoms with E-state index in [-0.39, 0.29) is 28.3 Å². The highest BCUT2D eigenvalue weighted by Gasteiger charge is 2.41. The van der Waals surface area contributed by atoms with Gasteiger partial charge in [-0.3, -0.25) is 4.79 Å². The molecule has 11 nitrogen and oxygen atoms in total. The molecule has 11 heteroatoms. The van der Waals surface area contributed by atoms with Gasteiger partial charge >= 0.3 is 23.9 Å². The number of hydrogen-bond donors (Lipinski definition) is 2. The van der Waals surface area contributed by atoms with Gasteiger partial charge in [0.2, 0.25) is 0 Å². The fraction of sp³-hybridized carbons (Fsp3) is 0.139. The number of urea groups is 1. The van der Waals surface area contributed by atoms with Gasteiger partial charge in [0, 0.05) is 22.5 Å². The zero-order valence-electron chi connectivity index (χ0n) is 26.0. The van der Waals surface area contributed by atoms with Crippen molar-refractivity contribution in [1.82, 2.24) is 0 Å². The van der Waals surface area contributed by atoms with Crippen molar-refractivity contribution in [3.05, 3.63) is 125 Å². The van der Waals surface area contributed by atoms with E-state index in [0.29, 0.717) is 22.4 Å². The van der Waals surface area contributed by atoms with Gasteiger partial charge in [0.25, 0.3) is 5.91 Å². The molecule has 0 unspecified atom stereocenters. The van der Waals surface area contributed by atoms with Crippen LogP contribution in [0.2, 0.25) is 0 Å². The lowest BCUT2D eigenvalue weighted by atomic mass is 9.98. The van der Waals surface area contributed by atoms with Gasteiger partial charge in [-0.15, -0.1) is 5.06 Å². The molecule has 5 rings (SSSR count). The van der Waals surface area contributed by atoms with Gasteiger partial charge in [-0.1, -0.05) is 48.5 Å². The number of hydroxylamine groups is 1. The minimum absolute atomic E-state index is 0.0149. The predicted octanol–water partition coefficient (Wildman–Crippen LogP) is 6.69. The van der Waals surface area contributed by atoms with Gasteiger partial charge in [0.15, 0.2) is 5.76 Å². The molecule has 0 spiro atoms. The highest BCUT2D eigenvalue weighted by molar-refractivity contribution is 6.37. The predicted molar refractivity (Wildman–Crippen MR) is 175 cm³/mol. The standard InChI is InChI=1S/C36H31N3O8/c1-36(2,3)34(43)47-39-28-21-26(38-35(44)37-25-17-15-24(16-18-25)32(41)45-4)19-20-27(28)29(31(39)40)30(22-11-7-5-8-12-22)46-33(42)23-13-9-6-10-14-23/h5-21H,1-4H3,(H2,37,38,44)/b30-29-. The Labute approximate surface area is 270 Å². The maximum Gasteiger partial charge on any atom is 0.343 e. The number of benzene rings is 4. The van der Waals surface area contributed by atoms with Gasteiger partial charge in [0.1, 0.15) is 0 Å². The van der Waals surface area contributed by atoms with Gasteiger partial charge in [-0.2, -0.15) is 0 Å². The number of esters is 2. The lowest BCUT2D eigenvalue weighted by Crippen LogP contribution is -2.35. The number of nitrogens with one attached hydrogen (secondary N) is 2. The van der Waals surface area contributed by atoms with E-state index in [4.69, 9.17) is 14.3 Å². The molecule has 0 fully saturated rings. The topological polar surface area (TPSA) is 140 Å². The molecule has 0 radical (unpaired) electrons. The molecule has 2 N–H and O–H groups in total. The van der Waals surface area contributed by atoms with Crippen molar-refractivity contribution in [3.63, 3.8) is 0 Å². The summed E-state index contributed by atoms with van der Waals surface area (Å²) in [5, 5.41) is 6.20. The fourth-order valence-electron chi connectivity index (χ4n) is 4.52. The Morgan fingerprint density at radius 1 is 0.681 bits per heavy atom. The number of fused-ring (bicyclic) bond motifs is 1. The Morgan fingerprint density at radius 3 is 1.83 bits per heavy atom. The third kappa shape index (κ3) is 7.20. The second-order valence-electron chi connectivity index (χ2n) is 11.4. The number of carbonyl (C=O) groups is 5. The Kier molecular flexibility index (Phi) is 9.18. The van der Waals surface area contributed by atoms with Crippen LogP contribution < -0.4 is 15.7 Å². The molecule has 1 heterocycles. The summed E-state index contributed by atoms with van der Waals surface area (Å²) in [6.07, 6.45) is 0. The molecule has 4 aromatic rings. The average Bonchev–Trinajstić information content (AvgIpc) is 3.33. The largest absolute Gasteiger partial charge is 0.465 e. The molecule has 0 bridgehead atoms. The minimum atomic E-state index is -0.964. The molecule has 4 aromatic carbocycles. The molecule has 1 aliphatic rings. The van der Waals surface area contributed by atoms with E-state index in [1.807, 2.05) is 0 Å². The normalized spacial score (nSPS) is 13.3. The number of anilines is 3. The number of methoxy groups -OCH3 is 1. The molecule has 47 heavy (non-hydrogen) atoms. The summed E-state index contributed by atoms with van der Waals surface area (Å²) >= 11 is 0. The first-order valence-corrected chi connectivity index (χ1v) is 14.5. The molecular weight excluding hydrogens is 602 g/mol. The number of amides is 3. The Morgan fingerprint density at radius 2 is 1.23 bits per heavy atom. The average molecular weight is 634 g/mol. The third-order valence-electron chi connectivity index (χ3n) is 6.96. The van der Waals surface area contributed by atoms with Crippen LogP contribution in [0.3, 0.4) is 0 Å². The van der Waals surface area contributed by atoms with Crippen LogP contribution in [0.1, 0.15) is 52.6 Å². The van der Waals surface area contributed by atoms with Gasteiger partial charge < -0.3 is 24.9 Å². The molecule has 0 atom stereocenters. The fourth-order valence-corrected chi connectivity index (χ4v) is 4.52. The maximum atomic E-state index is 14.1. The van der Waals surface area contributed by atoms with Crippen molar-refractivity contribution in [2.75, 3.05) is 22.8 Å². The van der Waals surface area contributed by atoms with Crippen LogP contribution in [0, 0.1) is 5.41 Å². The monoisotopic (exact) mass is 633 g/mol. The lowest BCUT2D eigenvalue weighted by Gasteiger charge is -2.22. The van der Waals surface area contributed by atoms with E-state index in [2.05, 4.69) is 10.6 Å². The van der Waals surface area contributed by atoms with E-state index in [1.54, 1.807) is 106 Å². The lowest BCUT2D eigenvalue weighted by molar-refractivity contribution is -0.157. The first-order valence-electron chi connectivity index (χ1n) is 14.5. The van der Waals surface area contributed by atoms with E-state index in [1.165, 1.54) is 25.3 Å². The van der Waals surface area contributed by atoms with E-state index in [0.717, 1.165) is 5.06 Å². The summed E-state index contributed by atoms with van der Waals surface area (Å²) in [4.78, 5) is 70.6. The number of ether oxygens (including phenoxy) is 2. The second-order valence-corrected chi connectivity index (χ2v) is 11.4. The Balaban J connectivity index is 1.53. The molecule has 3 amide bonds. The van der Waals surface area contributed by atoms with Crippen LogP contribution in [0.25, 0.3) is 11.3 Å². The quantitative estimate of drug-likeness (QED) is 0.130. The molecule has 0 aliphatic carbocycles. The molecular formula is C36H31N3O8. The van der Waals surface area contributed by atoms with E-state index >= 15 is 0 Å². The maximum absolute atomic E-state index is 14.1. The van der Waals surface area contributed by atoms with Crippen LogP contribution in [0.15, 0.2) is 103 Å². The molecule has 0 saturated heterocycles.